The Morgan fingerprint density at radius 1 is 1.35 bits per heavy atom. The summed E-state index contributed by atoms with van der Waals surface area (Å²) in [5, 5.41) is 3.04. The third-order valence-corrected chi connectivity index (χ3v) is 3.95. The minimum Gasteiger partial charge on any atom is -0.354 e. The van der Waals surface area contributed by atoms with Crippen molar-refractivity contribution in [2.45, 2.75) is 32.2 Å². The smallest absolute Gasteiger partial charge is 0.271 e. The van der Waals surface area contributed by atoms with Crippen LogP contribution in [-0.2, 0) is 6.42 Å². The molecule has 1 aliphatic heterocycles. The Balaban J connectivity index is 1.65. The summed E-state index contributed by atoms with van der Waals surface area (Å²) in [7, 11) is 0. The lowest BCUT2D eigenvalue weighted by Gasteiger charge is -2.33. The number of hydrogen-bond acceptors (Lipinski definition) is 6. The van der Waals surface area contributed by atoms with Crippen LogP contribution in [0.3, 0.4) is 0 Å². The summed E-state index contributed by atoms with van der Waals surface area (Å²) in [5.74, 6) is 0.747. The van der Waals surface area contributed by atoms with E-state index in [4.69, 9.17) is 0 Å². The van der Waals surface area contributed by atoms with Crippen molar-refractivity contribution in [3.63, 3.8) is 0 Å². The number of rotatable bonds is 4. The van der Waals surface area contributed by atoms with Gasteiger partial charge in [-0.25, -0.2) is 15.0 Å². The molecule has 2 aromatic rings. The average molecular weight is 312 g/mol. The van der Waals surface area contributed by atoms with Gasteiger partial charge in [-0.1, -0.05) is 6.92 Å². The Morgan fingerprint density at radius 3 is 3.04 bits per heavy atom. The van der Waals surface area contributed by atoms with Crippen LogP contribution in [0.25, 0.3) is 0 Å². The van der Waals surface area contributed by atoms with Crippen molar-refractivity contribution in [3.8, 4) is 0 Å². The summed E-state index contributed by atoms with van der Waals surface area (Å²) >= 11 is 0. The van der Waals surface area contributed by atoms with Crippen molar-refractivity contribution in [2.75, 3.05) is 18.0 Å². The Morgan fingerprint density at radius 2 is 2.26 bits per heavy atom. The number of hydrogen-bond donors (Lipinski definition) is 1. The molecule has 1 atom stereocenters. The molecule has 0 saturated carbocycles. The summed E-state index contributed by atoms with van der Waals surface area (Å²) < 4.78 is 0. The van der Waals surface area contributed by atoms with Crippen molar-refractivity contribution < 1.29 is 4.79 Å². The van der Waals surface area contributed by atoms with Gasteiger partial charge in [-0.2, -0.15) is 0 Å². The highest BCUT2D eigenvalue weighted by Gasteiger charge is 2.23. The van der Waals surface area contributed by atoms with Crippen LogP contribution in [0.1, 0.15) is 35.9 Å². The highest BCUT2D eigenvalue weighted by atomic mass is 16.2. The minimum atomic E-state index is -0.179. The zero-order valence-corrected chi connectivity index (χ0v) is 13.1. The number of aromatic nitrogens is 4. The van der Waals surface area contributed by atoms with Gasteiger partial charge in [-0.15, -0.1) is 0 Å². The van der Waals surface area contributed by atoms with Gasteiger partial charge < -0.3 is 10.2 Å². The topological polar surface area (TPSA) is 83.9 Å². The molecule has 120 valence electrons. The maximum absolute atomic E-state index is 12.2. The van der Waals surface area contributed by atoms with Crippen LogP contribution in [0.5, 0.6) is 0 Å². The van der Waals surface area contributed by atoms with Crippen LogP contribution in [0, 0.1) is 0 Å². The van der Waals surface area contributed by atoms with Crippen molar-refractivity contribution in [3.05, 3.63) is 42.4 Å². The van der Waals surface area contributed by atoms with Crippen LogP contribution in [-0.4, -0.2) is 45.0 Å². The largest absolute Gasteiger partial charge is 0.354 e. The number of carbonyl (C=O) groups excluding carboxylic acids is 1. The summed E-state index contributed by atoms with van der Waals surface area (Å²) in [5.41, 5.74) is 1.38. The van der Waals surface area contributed by atoms with Gasteiger partial charge >= 0.3 is 0 Å². The molecular weight excluding hydrogens is 292 g/mol. The molecule has 0 aliphatic carbocycles. The standard InChI is InChI=1S/C16H20N6O/c1-2-12-8-15(20-11-19-12)22-7-3-4-13(10-22)21-16(23)14-9-17-5-6-18-14/h5-6,8-9,11,13H,2-4,7,10H2,1H3,(H,21,23). The van der Waals surface area contributed by atoms with E-state index in [1.54, 1.807) is 12.5 Å². The highest BCUT2D eigenvalue weighted by molar-refractivity contribution is 5.92. The maximum Gasteiger partial charge on any atom is 0.271 e. The molecule has 1 unspecified atom stereocenters. The van der Waals surface area contributed by atoms with E-state index in [-0.39, 0.29) is 11.9 Å². The van der Waals surface area contributed by atoms with E-state index in [9.17, 15) is 4.79 Å². The number of piperidine rings is 1. The lowest BCUT2D eigenvalue weighted by atomic mass is 10.1. The van der Waals surface area contributed by atoms with Crippen molar-refractivity contribution in [1.29, 1.82) is 0 Å². The zero-order chi connectivity index (χ0) is 16.1. The second-order valence-electron chi connectivity index (χ2n) is 5.57. The molecule has 0 aromatic carbocycles. The molecule has 1 amide bonds. The van der Waals surface area contributed by atoms with Gasteiger partial charge in [-0.05, 0) is 19.3 Å². The SMILES string of the molecule is CCc1cc(N2CCCC(NC(=O)c3cnccn3)C2)ncn1. The molecule has 1 aliphatic rings. The van der Waals surface area contributed by atoms with Crippen LogP contribution in [0.2, 0.25) is 0 Å². The Hall–Kier alpha value is -2.57. The zero-order valence-electron chi connectivity index (χ0n) is 13.1. The molecule has 0 spiro atoms. The normalized spacial score (nSPS) is 17.8. The Labute approximate surface area is 135 Å². The van der Waals surface area contributed by atoms with E-state index < -0.39 is 0 Å². The molecule has 23 heavy (non-hydrogen) atoms. The van der Waals surface area contributed by atoms with Gasteiger partial charge in [0, 0.05) is 43.3 Å². The predicted molar refractivity (Wildman–Crippen MR) is 86.1 cm³/mol. The molecule has 1 fully saturated rings. The van der Waals surface area contributed by atoms with E-state index in [0.717, 1.165) is 43.9 Å². The molecule has 7 heteroatoms. The predicted octanol–water partition coefficient (Wildman–Crippen LogP) is 1.23. The van der Waals surface area contributed by atoms with Crippen LogP contribution in [0.4, 0.5) is 5.82 Å². The first-order valence-electron chi connectivity index (χ1n) is 7.89. The summed E-state index contributed by atoms with van der Waals surface area (Å²) in [6.07, 6.45) is 9.01. The second-order valence-corrected chi connectivity index (χ2v) is 5.57. The fourth-order valence-corrected chi connectivity index (χ4v) is 2.73. The number of nitrogens with zero attached hydrogens (tertiary/aromatic N) is 5. The summed E-state index contributed by atoms with van der Waals surface area (Å²) in [6.45, 7) is 3.76. The third-order valence-electron chi connectivity index (χ3n) is 3.95. The molecule has 2 aromatic heterocycles. The van der Waals surface area contributed by atoms with Gasteiger partial charge in [0.1, 0.15) is 17.8 Å². The van der Waals surface area contributed by atoms with Gasteiger partial charge in [-0.3, -0.25) is 9.78 Å². The van der Waals surface area contributed by atoms with E-state index in [1.165, 1.54) is 12.4 Å². The minimum absolute atomic E-state index is 0.0818. The molecule has 3 heterocycles. The summed E-state index contributed by atoms with van der Waals surface area (Å²) in [4.78, 5) is 31.0. The van der Waals surface area contributed by atoms with Gasteiger partial charge in [0.15, 0.2) is 0 Å². The van der Waals surface area contributed by atoms with Gasteiger partial charge in [0.25, 0.3) is 5.91 Å². The monoisotopic (exact) mass is 312 g/mol. The first-order chi connectivity index (χ1) is 11.3. The number of carbonyl (C=O) groups is 1. The van der Waals surface area contributed by atoms with E-state index in [1.807, 2.05) is 6.07 Å². The second kappa shape index (κ2) is 7.13. The Bertz CT molecular complexity index is 663. The number of nitrogens with one attached hydrogen (secondary N) is 1. The lowest BCUT2D eigenvalue weighted by Crippen LogP contribution is -2.48. The quantitative estimate of drug-likeness (QED) is 0.914. The van der Waals surface area contributed by atoms with E-state index in [2.05, 4.69) is 37.1 Å². The first-order valence-corrected chi connectivity index (χ1v) is 7.89. The molecule has 1 saturated heterocycles. The lowest BCUT2D eigenvalue weighted by molar-refractivity contribution is 0.0927. The summed E-state index contributed by atoms with van der Waals surface area (Å²) in [6, 6.07) is 2.10. The average Bonchev–Trinajstić information content (AvgIpc) is 2.63. The van der Waals surface area contributed by atoms with Crippen molar-refractivity contribution in [1.82, 2.24) is 25.3 Å². The molecular formula is C16H20N6O. The fourth-order valence-electron chi connectivity index (χ4n) is 2.73. The fraction of sp³-hybridized carbons (Fsp3) is 0.438. The molecule has 3 rings (SSSR count). The van der Waals surface area contributed by atoms with E-state index in [0.29, 0.717) is 5.69 Å². The number of aryl methyl sites for hydroxylation is 1. The van der Waals surface area contributed by atoms with E-state index >= 15 is 0 Å². The van der Waals surface area contributed by atoms with Crippen LogP contribution < -0.4 is 10.2 Å². The maximum atomic E-state index is 12.2. The van der Waals surface area contributed by atoms with Gasteiger partial charge in [0.2, 0.25) is 0 Å². The van der Waals surface area contributed by atoms with Crippen molar-refractivity contribution in [2.24, 2.45) is 0 Å². The molecule has 1 N–H and O–H groups in total. The molecule has 0 radical (unpaired) electrons. The molecule has 0 bridgehead atoms. The van der Waals surface area contributed by atoms with Crippen LogP contribution in [0.15, 0.2) is 31.0 Å². The third kappa shape index (κ3) is 3.80. The highest BCUT2D eigenvalue weighted by Crippen LogP contribution is 2.18. The molecule has 7 nitrogen and oxygen atoms in total. The number of anilines is 1. The number of amides is 1. The van der Waals surface area contributed by atoms with Crippen LogP contribution >= 0.6 is 0 Å². The van der Waals surface area contributed by atoms with Crippen molar-refractivity contribution >= 4 is 11.7 Å². The Kier molecular flexibility index (Phi) is 4.75. The first kappa shape index (κ1) is 15.3. The van der Waals surface area contributed by atoms with Gasteiger partial charge in [0.05, 0.1) is 6.20 Å².